The number of hydrogen-bond donors (Lipinski definition) is 2. The van der Waals surface area contributed by atoms with Gasteiger partial charge in [0.25, 0.3) is 5.56 Å². The number of amides is 1. The molecule has 3 aromatic rings. The minimum absolute atomic E-state index is 0.0601. The zero-order valence-corrected chi connectivity index (χ0v) is 13.5. The Bertz CT molecular complexity index is 942. The molecule has 7 nitrogen and oxygen atoms in total. The zero-order valence-electron chi connectivity index (χ0n) is 13.5. The van der Waals surface area contributed by atoms with Gasteiger partial charge in [0, 0.05) is 24.5 Å². The Labute approximate surface area is 138 Å². The van der Waals surface area contributed by atoms with Crippen molar-refractivity contribution in [2.45, 2.75) is 26.7 Å². The standard InChI is InChI=1S/C17H18N4O3/c1-10-3-4-14-13(7-10)8-12(17(23)20-14)5-6-18-16(22)9-15-19-11(2)24-21-15/h3-4,7-8H,5-6,9H2,1-2H3,(H,18,22)(H,20,23). The molecule has 7 heteroatoms. The molecule has 1 aromatic carbocycles. The van der Waals surface area contributed by atoms with Crippen LogP contribution in [-0.4, -0.2) is 27.6 Å². The molecule has 0 radical (unpaired) electrons. The van der Waals surface area contributed by atoms with Crippen LogP contribution < -0.4 is 10.9 Å². The van der Waals surface area contributed by atoms with Gasteiger partial charge in [-0.05, 0) is 36.9 Å². The second kappa shape index (κ2) is 6.66. The van der Waals surface area contributed by atoms with Crippen LogP contribution in [-0.2, 0) is 17.6 Å². The molecule has 0 bridgehead atoms. The van der Waals surface area contributed by atoms with E-state index in [1.165, 1.54) is 0 Å². The molecule has 0 saturated heterocycles. The third-order valence-electron chi connectivity index (χ3n) is 3.68. The Hall–Kier alpha value is -2.96. The number of hydrogen-bond acceptors (Lipinski definition) is 5. The molecular formula is C17H18N4O3. The predicted molar refractivity (Wildman–Crippen MR) is 88.8 cm³/mol. The molecule has 3 rings (SSSR count). The summed E-state index contributed by atoms with van der Waals surface area (Å²) in [6, 6.07) is 7.74. The number of H-pyrrole nitrogens is 1. The average molecular weight is 326 g/mol. The van der Waals surface area contributed by atoms with Crippen LogP contribution in [0.1, 0.15) is 22.8 Å². The Kier molecular flexibility index (Phi) is 4.41. The van der Waals surface area contributed by atoms with Crippen LogP contribution in [0.5, 0.6) is 0 Å². The van der Waals surface area contributed by atoms with Crippen molar-refractivity contribution in [3.05, 3.63) is 57.5 Å². The first-order chi connectivity index (χ1) is 11.5. The van der Waals surface area contributed by atoms with Crippen LogP contribution in [0.15, 0.2) is 33.6 Å². The van der Waals surface area contributed by atoms with Gasteiger partial charge in [-0.15, -0.1) is 0 Å². The molecule has 0 unspecified atom stereocenters. The molecule has 0 fully saturated rings. The fraction of sp³-hybridized carbons (Fsp3) is 0.294. The largest absolute Gasteiger partial charge is 0.355 e. The highest BCUT2D eigenvalue weighted by Gasteiger charge is 2.09. The van der Waals surface area contributed by atoms with Gasteiger partial charge >= 0.3 is 0 Å². The minimum Gasteiger partial charge on any atom is -0.355 e. The van der Waals surface area contributed by atoms with Crippen LogP contribution in [0.3, 0.4) is 0 Å². The molecule has 0 saturated carbocycles. The number of pyridine rings is 1. The van der Waals surface area contributed by atoms with Crippen molar-refractivity contribution in [3.63, 3.8) is 0 Å². The lowest BCUT2D eigenvalue weighted by molar-refractivity contribution is -0.120. The molecule has 2 N–H and O–H groups in total. The van der Waals surface area contributed by atoms with Crippen molar-refractivity contribution in [2.24, 2.45) is 0 Å². The summed E-state index contributed by atoms with van der Waals surface area (Å²) in [5, 5.41) is 7.42. The highest BCUT2D eigenvalue weighted by atomic mass is 16.5. The van der Waals surface area contributed by atoms with Gasteiger partial charge in [0.05, 0.1) is 6.42 Å². The number of carbonyl (C=O) groups is 1. The van der Waals surface area contributed by atoms with Crippen LogP contribution in [0.25, 0.3) is 10.9 Å². The van der Waals surface area contributed by atoms with Gasteiger partial charge in [0.15, 0.2) is 5.82 Å². The molecule has 0 atom stereocenters. The zero-order chi connectivity index (χ0) is 17.1. The van der Waals surface area contributed by atoms with Gasteiger partial charge in [-0.1, -0.05) is 16.8 Å². The van der Waals surface area contributed by atoms with E-state index in [0.29, 0.717) is 30.2 Å². The summed E-state index contributed by atoms with van der Waals surface area (Å²) in [5.74, 6) is 0.573. The Morgan fingerprint density at radius 2 is 2.12 bits per heavy atom. The topological polar surface area (TPSA) is 101 Å². The molecular weight excluding hydrogens is 308 g/mol. The molecule has 0 aliphatic heterocycles. The summed E-state index contributed by atoms with van der Waals surface area (Å²) >= 11 is 0. The molecule has 24 heavy (non-hydrogen) atoms. The maximum absolute atomic E-state index is 12.1. The summed E-state index contributed by atoms with van der Waals surface area (Å²) < 4.78 is 4.82. The maximum atomic E-state index is 12.1. The summed E-state index contributed by atoms with van der Waals surface area (Å²) in [6.07, 6.45) is 0.515. The van der Waals surface area contributed by atoms with Gasteiger partial charge < -0.3 is 14.8 Å². The number of carbonyl (C=O) groups excluding carboxylic acids is 1. The third-order valence-corrected chi connectivity index (χ3v) is 3.68. The van der Waals surface area contributed by atoms with Gasteiger partial charge in [0.2, 0.25) is 11.8 Å². The van der Waals surface area contributed by atoms with Gasteiger partial charge in [-0.3, -0.25) is 9.59 Å². The van der Waals surface area contributed by atoms with Crippen molar-refractivity contribution >= 4 is 16.8 Å². The van der Waals surface area contributed by atoms with Crippen LogP contribution in [0.4, 0.5) is 0 Å². The molecule has 0 spiro atoms. The van der Waals surface area contributed by atoms with Crippen molar-refractivity contribution < 1.29 is 9.32 Å². The lowest BCUT2D eigenvalue weighted by Crippen LogP contribution is -2.29. The Morgan fingerprint density at radius 3 is 2.88 bits per heavy atom. The predicted octanol–water partition coefficient (Wildman–Crippen LogP) is 1.43. The monoisotopic (exact) mass is 326 g/mol. The van der Waals surface area contributed by atoms with Gasteiger partial charge in [0.1, 0.15) is 0 Å². The Balaban J connectivity index is 1.62. The summed E-state index contributed by atoms with van der Waals surface area (Å²) in [6.45, 7) is 4.04. The summed E-state index contributed by atoms with van der Waals surface area (Å²) in [4.78, 5) is 30.8. The SMILES string of the molecule is Cc1ccc2[nH]c(=O)c(CCNC(=O)Cc3noc(C)n3)cc2c1. The van der Waals surface area contributed by atoms with E-state index in [2.05, 4.69) is 20.4 Å². The van der Waals surface area contributed by atoms with E-state index < -0.39 is 0 Å². The maximum Gasteiger partial charge on any atom is 0.251 e. The number of aromatic amines is 1. The molecule has 0 aliphatic carbocycles. The smallest absolute Gasteiger partial charge is 0.251 e. The van der Waals surface area contributed by atoms with Crippen molar-refractivity contribution in [1.82, 2.24) is 20.4 Å². The fourth-order valence-corrected chi connectivity index (χ4v) is 2.51. The number of aryl methyl sites for hydroxylation is 2. The number of rotatable bonds is 5. The minimum atomic E-state index is -0.205. The van der Waals surface area contributed by atoms with Crippen LogP contribution in [0.2, 0.25) is 0 Å². The average Bonchev–Trinajstić information content (AvgIpc) is 2.93. The second-order valence-electron chi connectivity index (χ2n) is 5.72. The number of aromatic nitrogens is 3. The molecule has 0 aliphatic rings. The molecule has 2 aromatic heterocycles. The van der Waals surface area contributed by atoms with Gasteiger partial charge in [-0.25, -0.2) is 0 Å². The molecule has 1 amide bonds. The van der Waals surface area contributed by atoms with Gasteiger partial charge in [-0.2, -0.15) is 4.98 Å². The van der Waals surface area contributed by atoms with E-state index in [0.717, 1.165) is 16.5 Å². The van der Waals surface area contributed by atoms with E-state index >= 15 is 0 Å². The highest BCUT2D eigenvalue weighted by Crippen LogP contribution is 2.13. The lowest BCUT2D eigenvalue weighted by atomic mass is 10.1. The molecule has 2 heterocycles. The fourth-order valence-electron chi connectivity index (χ4n) is 2.51. The first-order valence-electron chi connectivity index (χ1n) is 7.70. The van der Waals surface area contributed by atoms with Crippen LogP contribution >= 0.6 is 0 Å². The van der Waals surface area contributed by atoms with Crippen LogP contribution in [0, 0.1) is 13.8 Å². The van der Waals surface area contributed by atoms with E-state index in [9.17, 15) is 9.59 Å². The summed E-state index contributed by atoms with van der Waals surface area (Å²) in [7, 11) is 0. The number of fused-ring (bicyclic) bond motifs is 1. The Morgan fingerprint density at radius 1 is 1.29 bits per heavy atom. The van der Waals surface area contributed by atoms with Crippen molar-refractivity contribution in [1.29, 1.82) is 0 Å². The number of nitrogens with zero attached hydrogens (tertiary/aromatic N) is 2. The third kappa shape index (κ3) is 3.68. The lowest BCUT2D eigenvalue weighted by Gasteiger charge is -2.06. The number of benzene rings is 1. The second-order valence-corrected chi connectivity index (χ2v) is 5.72. The first-order valence-corrected chi connectivity index (χ1v) is 7.70. The highest BCUT2D eigenvalue weighted by molar-refractivity contribution is 5.80. The van der Waals surface area contributed by atoms with E-state index in [4.69, 9.17) is 4.52 Å². The summed E-state index contributed by atoms with van der Waals surface area (Å²) in [5.41, 5.74) is 2.45. The van der Waals surface area contributed by atoms with E-state index in [1.807, 2.05) is 31.2 Å². The quantitative estimate of drug-likeness (QED) is 0.738. The molecule has 124 valence electrons. The number of nitrogens with one attached hydrogen (secondary N) is 2. The van der Waals surface area contributed by atoms with E-state index in [1.54, 1.807) is 6.92 Å². The van der Waals surface area contributed by atoms with Crippen molar-refractivity contribution in [3.8, 4) is 0 Å². The normalized spacial score (nSPS) is 10.9. The van der Waals surface area contributed by atoms with Crippen molar-refractivity contribution in [2.75, 3.05) is 6.54 Å². The first kappa shape index (κ1) is 15.9. The van der Waals surface area contributed by atoms with E-state index in [-0.39, 0.29) is 17.9 Å².